The second-order valence-electron chi connectivity index (χ2n) is 5.51. The number of hydrogen-bond acceptors (Lipinski definition) is 6. The van der Waals surface area contributed by atoms with Crippen molar-refractivity contribution in [3.63, 3.8) is 0 Å². The molecule has 2 fully saturated rings. The van der Waals surface area contributed by atoms with Crippen molar-refractivity contribution in [3.05, 3.63) is 28.7 Å². The minimum absolute atomic E-state index is 0.0784. The van der Waals surface area contributed by atoms with Crippen LogP contribution in [-0.2, 0) is 9.53 Å². The molecular weight excluding hydrogens is 346 g/mol. The molecule has 0 bridgehead atoms. The van der Waals surface area contributed by atoms with Crippen LogP contribution in [0.4, 0.5) is 0 Å². The zero-order valence-electron chi connectivity index (χ0n) is 13.6. The summed E-state index contributed by atoms with van der Waals surface area (Å²) >= 11 is 6.68. The largest absolute Gasteiger partial charge is 0.493 e. The fourth-order valence-electron chi connectivity index (χ4n) is 2.82. The van der Waals surface area contributed by atoms with Crippen LogP contribution in [0.2, 0.25) is 0 Å². The number of nitrogens with zero attached hydrogens (tertiary/aromatic N) is 1. The summed E-state index contributed by atoms with van der Waals surface area (Å²) < 4.78 is 16.9. The number of ether oxygens (including phenoxy) is 3. The van der Waals surface area contributed by atoms with Crippen LogP contribution < -0.4 is 9.47 Å². The number of benzene rings is 1. The van der Waals surface area contributed by atoms with Crippen LogP contribution in [-0.4, -0.2) is 48.6 Å². The second kappa shape index (κ2) is 7.55. The maximum Gasteiger partial charge on any atom is 0.266 e. The average molecular weight is 365 g/mol. The monoisotopic (exact) mass is 365 g/mol. The van der Waals surface area contributed by atoms with E-state index in [1.807, 2.05) is 18.2 Å². The summed E-state index contributed by atoms with van der Waals surface area (Å²) in [6.07, 6.45) is 3.89. The first-order valence-corrected chi connectivity index (χ1v) is 8.94. The Morgan fingerprint density at radius 2 is 2.25 bits per heavy atom. The summed E-state index contributed by atoms with van der Waals surface area (Å²) in [5, 5.41) is 0. The van der Waals surface area contributed by atoms with Crippen molar-refractivity contribution in [2.24, 2.45) is 0 Å². The van der Waals surface area contributed by atoms with E-state index in [0.29, 0.717) is 27.3 Å². The standard InChI is InChI=1S/C17H19NO4S2/c1-20-13-7-3-5-11(15(13)21-2)9-14-16(19)18(17(23)24-14)10-12-6-4-8-22-12/h3,5,7,9,12H,4,6,8,10H2,1-2H3/b14-9-. The maximum atomic E-state index is 12.7. The van der Waals surface area contributed by atoms with Gasteiger partial charge >= 0.3 is 0 Å². The third kappa shape index (κ3) is 3.43. The molecule has 1 aromatic carbocycles. The zero-order valence-corrected chi connectivity index (χ0v) is 15.2. The van der Waals surface area contributed by atoms with Gasteiger partial charge in [0.05, 0.1) is 31.8 Å². The molecule has 2 heterocycles. The van der Waals surface area contributed by atoms with Crippen molar-refractivity contribution in [2.75, 3.05) is 27.4 Å². The molecule has 0 aliphatic carbocycles. The molecule has 1 amide bonds. The molecule has 2 saturated heterocycles. The summed E-state index contributed by atoms with van der Waals surface area (Å²) in [6.45, 7) is 1.29. The normalized spacial score (nSPS) is 22.5. The van der Waals surface area contributed by atoms with Crippen LogP contribution in [0.1, 0.15) is 18.4 Å². The molecule has 2 aliphatic rings. The number of amides is 1. The Morgan fingerprint density at radius 3 is 2.92 bits per heavy atom. The lowest BCUT2D eigenvalue weighted by Crippen LogP contribution is -2.35. The Kier molecular flexibility index (Phi) is 5.43. The lowest BCUT2D eigenvalue weighted by Gasteiger charge is -2.18. The van der Waals surface area contributed by atoms with Crippen LogP contribution in [0.25, 0.3) is 6.08 Å². The molecule has 0 aromatic heterocycles. The van der Waals surface area contributed by atoms with Crippen LogP contribution >= 0.6 is 24.0 Å². The number of rotatable bonds is 5. The molecular formula is C17H19NO4S2. The van der Waals surface area contributed by atoms with Gasteiger partial charge < -0.3 is 14.2 Å². The molecule has 0 spiro atoms. The molecule has 24 heavy (non-hydrogen) atoms. The van der Waals surface area contributed by atoms with Gasteiger partial charge in [-0.2, -0.15) is 0 Å². The highest BCUT2D eigenvalue weighted by atomic mass is 32.2. The third-order valence-electron chi connectivity index (χ3n) is 4.00. The lowest BCUT2D eigenvalue weighted by atomic mass is 10.1. The van der Waals surface area contributed by atoms with Gasteiger partial charge in [0.2, 0.25) is 0 Å². The van der Waals surface area contributed by atoms with Crippen LogP contribution in [0.15, 0.2) is 23.1 Å². The number of methoxy groups -OCH3 is 2. The van der Waals surface area contributed by atoms with E-state index in [0.717, 1.165) is 25.0 Å². The number of thioether (sulfide) groups is 1. The number of carbonyl (C=O) groups excluding carboxylic acids is 1. The third-order valence-corrected chi connectivity index (χ3v) is 5.38. The molecule has 128 valence electrons. The predicted octanol–water partition coefficient (Wildman–Crippen LogP) is 3.08. The van der Waals surface area contributed by atoms with Crippen molar-refractivity contribution in [2.45, 2.75) is 18.9 Å². The molecule has 1 aromatic rings. The highest BCUT2D eigenvalue weighted by molar-refractivity contribution is 8.26. The first-order chi connectivity index (χ1) is 11.6. The second-order valence-corrected chi connectivity index (χ2v) is 7.19. The van der Waals surface area contributed by atoms with E-state index >= 15 is 0 Å². The molecule has 7 heteroatoms. The number of para-hydroxylation sites is 1. The van der Waals surface area contributed by atoms with Crippen LogP contribution in [0.3, 0.4) is 0 Å². The van der Waals surface area contributed by atoms with Gasteiger partial charge in [-0.05, 0) is 25.0 Å². The Bertz CT molecular complexity index is 683. The van der Waals surface area contributed by atoms with Gasteiger partial charge in [0.15, 0.2) is 11.5 Å². The van der Waals surface area contributed by atoms with Gasteiger partial charge in [0.25, 0.3) is 5.91 Å². The van der Waals surface area contributed by atoms with Crippen LogP contribution in [0.5, 0.6) is 11.5 Å². The molecule has 0 N–H and O–H groups in total. The Morgan fingerprint density at radius 1 is 1.42 bits per heavy atom. The average Bonchev–Trinajstić information content (AvgIpc) is 3.19. The highest BCUT2D eigenvalue weighted by Gasteiger charge is 2.34. The summed E-state index contributed by atoms with van der Waals surface area (Å²) in [7, 11) is 3.17. The molecule has 0 radical (unpaired) electrons. The molecule has 0 saturated carbocycles. The fourth-order valence-corrected chi connectivity index (χ4v) is 4.08. The summed E-state index contributed by atoms with van der Waals surface area (Å²) in [6, 6.07) is 5.56. The quantitative estimate of drug-likeness (QED) is 0.590. The van der Waals surface area contributed by atoms with E-state index in [1.165, 1.54) is 11.8 Å². The van der Waals surface area contributed by atoms with Crippen molar-refractivity contribution >= 4 is 40.3 Å². The van der Waals surface area contributed by atoms with Crippen molar-refractivity contribution in [3.8, 4) is 11.5 Å². The van der Waals surface area contributed by atoms with E-state index in [1.54, 1.807) is 25.2 Å². The predicted molar refractivity (Wildman–Crippen MR) is 98.4 cm³/mol. The Hall–Kier alpha value is -1.57. The minimum atomic E-state index is -0.0784. The SMILES string of the molecule is COc1cccc(/C=C2\SC(=S)N(CC3CCCO3)C2=O)c1OC. The number of thiocarbonyl (C=S) groups is 1. The Balaban J connectivity index is 1.83. The van der Waals surface area contributed by atoms with E-state index in [2.05, 4.69) is 0 Å². The van der Waals surface area contributed by atoms with E-state index in [9.17, 15) is 4.79 Å². The molecule has 1 atom stereocenters. The zero-order chi connectivity index (χ0) is 17.1. The summed E-state index contributed by atoms with van der Waals surface area (Å²) in [5.41, 5.74) is 0.787. The minimum Gasteiger partial charge on any atom is -0.493 e. The van der Waals surface area contributed by atoms with Crippen molar-refractivity contribution in [1.29, 1.82) is 0 Å². The Labute approximate surface area is 150 Å². The number of hydrogen-bond donors (Lipinski definition) is 0. The summed E-state index contributed by atoms with van der Waals surface area (Å²) in [5.74, 6) is 1.15. The van der Waals surface area contributed by atoms with E-state index < -0.39 is 0 Å². The van der Waals surface area contributed by atoms with Gasteiger partial charge in [-0.3, -0.25) is 9.69 Å². The fraction of sp³-hybridized carbons (Fsp3) is 0.412. The lowest BCUT2D eigenvalue weighted by molar-refractivity contribution is -0.123. The van der Waals surface area contributed by atoms with Gasteiger partial charge in [0.1, 0.15) is 4.32 Å². The van der Waals surface area contributed by atoms with Gasteiger partial charge in [-0.1, -0.05) is 36.1 Å². The first-order valence-electron chi connectivity index (χ1n) is 7.72. The van der Waals surface area contributed by atoms with Crippen LogP contribution in [0, 0.1) is 0 Å². The van der Waals surface area contributed by atoms with Gasteiger partial charge in [0, 0.05) is 12.2 Å². The molecule has 3 rings (SSSR count). The maximum absolute atomic E-state index is 12.7. The van der Waals surface area contributed by atoms with Crippen molar-refractivity contribution in [1.82, 2.24) is 4.90 Å². The molecule has 2 aliphatic heterocycles. The van der Waals surface area contributed by atoms with Gasteiger partial charge in [-0.15, -0.1) is 0 Å². The topological polar surface area (TPSA) is 48.0 Å². The van der Waals surface area contributed by atoms with Crippen molar-refractivity contribution < 1.29 is 19.0 Å². The molecule has 1 unspecified atom stereocenters. The smallest absolute Gasteiger partial charge is 0.266 e. The van der Waals surface area contributed by atoms with Gasteiger partial charge in [-0.25, -0.2) is 0 Å². The van der Waals surface area contributed by atoms with E-state index in [4.69, 9.17) is 26.4 Å². The van der Waals surface area contributed by atoms with E-state index in [-0.39, 0.29) is 12.0 Å². The molecule has 5 nitrogen and oxygen atoms in total. The highest BCUT2D eigenvalue weighted by Crippen LogP contribution is 2.37. The number of carbonyl (C=O) groups is 1. The first kappa shape index (κ1) is 17.3. The summed E-state index contributed by atoms with van der Waals surface area (Å²) in [4.78, 5) is 14.9.